The van der Waals surface area contributed by atoms with Crippen LogP contribution >= 0.6 is 11.3 Å². The van der Waals surface area contributed by atoms with Crippen molar-refractivity contribution < 1.29 is 4.79 Å². The standard InChI is InChI=1S/C17H23N3OS/c1-12(2)19(3)11-16(21)20-10-6-8-14(20)17-18-13-7-4-5-9-15(13)22-17/h4-5,7,9,12,14H,6,8,10-11H2,1-3H3/t14-/m1/s1. The lowest BCUT2D eigenvalue weighted by Crippen LogP contribution is -2.40. The summed E-state index contributed by atoms with van der Waals surface area (Å²) in [6.07, 6.45) is 2.09. The third-order valence-electron chi connectivity index (χ3n) is 4.43. The van der Waals surface area contributed by atoms with Crippen LogP contribution < -0.4 is 0 Å². The van der Waals surface area contributed by atoms with Crippen LogP contribution in [0.3, 0.4) is 0 Å². The molecule has 1 aromatic heterocycles. The average molecular weight is 317 g/mol. The molecule has 0 unspecified atom stereocenters. The summed E-state index contributed by atoms with van der Waals surface area (Å²) in [7, 11) is 2.01. The Balaban J connectivity index is 1.79. The molecule has 0 spiro atoms. The summed E-state index contributed by atoms with van der Waals surface area (Å²) >= 11 is 1.72. The lowest BCUT2D eigenvalue weighted by molar-refractivity contribution is -0.133. The van der Waals surface area contributed by atoms with Gasteiger partial charge in [-0.15, -0.1) is 11.3 Å². The van der Waals surface area contributed by atoms with Crippen LogP contribution in [-0.4, -0.2) is 46.9 Å². The second-order valence-electron chi connectivity index (χ2n) is 6.27. The molecule has 0 bridgehead atoms. The van der Waals surface area contributed by atoms with Gasteiger partial charge < -0.3 is 4.90 Å². The molecule has 0 N–H and O–H groups in total. The van der Waals surface area contributed by atoms with Crippen LogP contribution in [0.2, 0.25) is 0 Å². The molecule has 1 aliphatic rings. The molecule has 3 rings (SSSR count). The highest BCUT2D eigenvalue weighted by Gasteiger charge is 2.32. The smallest absolute Gasteiger partial charge is 0.237 e. The lowest BCUT2D eigenvalue weighted by Gasteiger charge is -2.27. The van der Waals surface area contributed by atoms with E-state index >= 15 is 0 Å². The Labute approximate surface area is 135 Å². The predicted molar refractivity (Wildman–Crippen MR) is 91.1 cm³/mol. The van der Waals surface area contributed by atoms with Gasteiger partial charge in [0.15, 0.2) is 0 Å². The number of nitrogens with zero attached hydrogens (tertiary/aromatic N) is 3. The minimum Gasteiger partial charge on any atom is -0.332 e. The molecule has 1 aliphatic heterocycles. The Hall–Kier alpha value is -1.46. The number of amides is 1. The number of thiazole rings is 1. The van der Waals surface area contributed by atoms with Crippen molar-refractivity contribution in [3.8, 4) is 0 Å². The summed E-state index contributed by atoms with van der Waals surface area (Å²) in [5.74, 6) is 0.220. The zero-order valence-corrected chi connectivity index (χ0v) is 14.3. The first-order chi connectivity index (χ1) is 10.6. The largest absolute Gasteiger partial charge is 0.332 e. The number of carbonyl (C=O) groups excluding carboxylic acids is 1. The van der Waals surface area contributed by atoms with Crippen LogP contribution in [-0.2, 0) is 4.79 Å². The highest BCUT2D eigenvalue weighted by atomic mass is 32.1. The number of likely N-dealkylation sites (N-methyl/N-ethyl adjacent to an activating group) is 1. The maximum Gasteiger partial charge on any atom is 0.237 e. The van der Waals surface area contributed by atoms with Gasteiger partial charge in [0.25, 0.3) is 0 Å². The van der Waals surface area contributed by atoms with E-state index in [1.165, 1.54) is 4.70 Å². The van der Waals surface area contributed by atoms with E-state index in [2.05, 4.69) is 24.8 Å². The monoisotopic (exact) mass is 317 g/mol. The van der Waals surface area contributed by atoms with Crippen molar-refractivity contribution in [2.45, 2.75) is 38.8 Å². The summed E-state index contributed by atoms with van der Waals surface area (Å²) in [6, 6.07) is 8.74. The van der Waals surface area contributed by atoms with Crippen molar-refractivity contribution in [1.82, 2.24) is 14.8 Å². The number of aromatic nitrogens is 1. The Bertz CT molecular complexity index is 634. The zero-order chi connectivity index (χ0) is 15.7. The van der Waals surface area contributed by atoms with Gasteiger partial charge in [-0.1, -0.05) is 12.1 Å². The van der Waals surface area contributed by atoms with E-state index in [1.807, 2.05) is 30.1 Å². The molecule has 5 heteroatoms. The van der Waals surface area contributed by atoms with E-state index in [-0.39, 0.29) is 11.9 Å². The van der Waals surface area contributed by atoms with Gasteiger partial charge in [-0.3, -0.25) is 9.69 Å². The molecular weight excluding hydrogens is 294 g/mol. The molecule has 1 aromatic carbocycles. The van der Waals surface area contributed by atoms with E-state index in [9.17, 15) is 4.79 Å². The van der Waals surface area contributed by atoms with E-state index < -0.39 is 0 Å². The molecule has 22 heavy (non-hydrogen) atoms. The Morgan fingerprint density at radius 1 is 1.45 bits per heavy atom. The van der Waals surface area contributed by atoms with Crippen molar-refractivity contribution in [3.63, 3.8) is 0 Å². The van der Waals surface area contributed by atoms with Crippen molar-refractivity contribution in [1.29, 1.82) is 0 Å². The van der Waals surface area contributed by atoms with Crippen LogP contribution in [0.4, 0.5) is 0 Å². The first-order valence-corrected chi connectivity index (χ1v) is 8.73. The van der Waals surface area contributed by atoms with Gasteiger partial charge in [0.1, 0.15) is 5.01 Å². The number of hydrogen-bond acceptors (Lipinski definition) is 4. The van der Waals surface area contributed by atoms with Gasteiger partial charge in [-0.05, 0) is 45.9 Å². The summed E-state index contributed by atoms with van der Waals surface area (Å²) in [5, 5.41) is 1.08. The van der Waals surface area contributed by atoms with E-state index in [4.69, 9.17) is 4.98 Å². The minimum atomic E-state index is 0.158. The zero-order valence-electron chi connectivity index (χ0n) is 13.5. The second kappa shape index (κ2) is 6.34. The Morgan fingerprint density at radius 2 is 2.23 bits per heavy atom. The molecule has 4 nitrogen and oxygen atoms in total. The van der Waals surface area contributed by atoms with Crippen LogP contribution in [0.15, 0.2) is 24.3 Å². The first-order valence-electron chi connectivity index (χ1n) is 7.91. The maximum absolute atomic E-state index is 12.6. The number of para-hydroxylation sites is 1. The molecule has 0 radical (unpaired) electrons. The summed E-state index contributed by atoms with van der Waals surface area (Å²) in [4.78, 5) is 21.5. The van der Waals surface area contributed by atoms with Gasteiger partial charge in [-0.25, -0.2) is 4.98 Å². The van der Waals surface area contributed by atoms with Gasteiger partial charge in [0, 0.05) is 12.6 Å². The quantitative estimate of drug-likeness (QED) is 0.868. The fraction of sp³-hybridized carbons (Fsp3) is 0.529. The number of likely N-dealkylation sites (tertiary alicyclic amines) is 1. The number of hydrogen-bond donors (Lipinski definition) is 0. The molecule has 1 atom stereocenters. The van der Waals surface area contributed by atoms with Crippen LogP contribution in [0.1, 0.15) is 37.7 Å². The molecule has 0 saturated carbocycles. The first kappa shape index (κ1) is 15.4. The van der Waals surface area contributed by atoms with Gasteiger partial charge >= 0.3 is 0 Å². The average Bonchev–Trinajstić information content (AvgIpc) is 3.13. The molecular formula is C17H23N3OS. The van der Waals surface area contributed by atoms with Gasteiger partial charge in [0.2, 0.25) is 5.91 Å². The van der Waals surface area contributed by atoms with Crippen molar-refractivity contribution in [3.05, 3.63) is 29.3 Å². The highest BCUT2D eigenvalue weighted by Crippen LogP contribution is 2.36. The van der Waals surface area contributed by atoms with Crippen LogP contribution in [0, 0.1) is 0 Å². The predicted octanol–water partition coefficient (Wildman–Crippen LogP) is 3.30. The topological polar surface area (TPSA) is 36.4 Å². The van der Waals surface area contributed by atoms with E-state index in [0.717, 1.165) is 29.9 Å². The number of benzene rings is 1. The van der Waals surface area contributed by atoms with Gasteiger partial charge in [0.05, 0.1) is 22.8 Å². The summed E-state index contributed by atoms with van der Waals surface area (Å²) in [5.41, 5.74) is 1.04. The van der Waals surface area contributed by atoms with Crippen LogP contribution in [0.5, 0.6) is 0 Å². The number of fused-ring (bicyclic) bond motifs is 1. The second-order valence-corrected chi connectivity index (χ2v) is 7.34. The van der Waals surface area contributed by atoms with Gasteiger partial charge in [-0.2, -0.15) is 0 Å². The molecule has 118 valence electrons. The van der Waals surface area contributed by atoms with Crippen LogP contribution in [0.25, 0.3) is 10.2 Å². The summed E-state index contributed by atoms with van der Waals surface area (Å²) < 4.78 is 1.20. The third kappa shape index (κ3) is 3.01. The molecule has 1 amide bonds. The highest BCUT2D eigenvalue weighted by molar-refractivity contribution is 7.18. The van der Waals surface area contributed by atoms with E-state index in [0.29, 0.717) is 12.6 Å². The molecule has 2 aromatic rings. The fourth-order valence-electron chi connectivity index (χ4n) is 2.84. The summed E-state index contributed by atoms with van der Waals surface area (Å²) in [6.45, 7) is 5.56. The Kier molecular flexibility index (Phi) is 4.45. The SMILES string of the molecule is CC(C)N(C)CC(=O)N1CCC[C@@H]1c1nc2ccccc2s1. The lowest BCUT2D eigenvalue weighted by atomic mass is 10.2. The third-order valence-corrected chi connectivity index (χ3v) is 5.57. The number of carbonyl (C=O) groups is 1. The molecule has 0 aliphatic carbocycles. The normalized spacial score (nSPS) is 18.8. The minimum absolute atomic E-state index is 0.158. The van der Waals surface area contributed by atoms with Crippen molar-refractivity contribution >= 4 is 27.5 Å². The molecule has 1 fully saturated rings. The fourth-order valence-corrected chi connectivity index (χ4v) is 3.96. The van der Waals surface area contributed by atoms with Crippen molar-refractivity contribution in [2.75, 3.05) is 20.1 Å². The maximum atomic E-state index is 12.6. The molecule has 1 saturated heterocycles. The molecule has 2 heterocycles. The Morgan fingerprint density at radius 3 is 2.95 bits per heavy atom. The van der Waals surface area contributed by atoms with Crippen molar-refractivity contribution in [2.24, 2.45) is 0 Å². The van der Waals surface area contributed by atoms with E-state index in [1.54, 1.807) is 11.3 Å². The number of rotatable bonds is 4.